The molecule has 88 valence electrons. The van der Waals surface area contributed by atoms with Crippen molar-refractivity contribution in [3.05, 3.63) is 28.2 Å². The molecule has 1 rings (SSSR count). The summed E-state index contributed by atoms with van der Waals surface area (Å²) in [7, 11) is 0. The fourth-order valence-electron chi connectivity index (χ4n) is 1.22. The van der Waals surface area contributed by atoms with Crippen LogP contribution < -0.4 is 10.6 Å². The zero-order valence-electron chi connectivity index (χ0n) is 9.09. The molecule has 5 heteroatoms. The number of hydrogen-bond donors (Lipinski definition) is 3. The number of phenols is 1. The third-order valence-electron chi connectivity index (χ3n) is 2.02. The second-order valence-corrected chi connectivity index (χ2v) is 4.30. The molecule has 0 unspecified atom stereocenters. The summed E-state index contributed by atoms with van der Waals surface area (Å²) in [6.07, 6.45) is 0. The first-order valence-corrected chi connectivity index (χ1v) is 5.81. The molecule has 0 aromatic heterocycles. The first-order valence-electron chi connectivity index (χ1n) is 5.02. The fourth-order valence-corrected chi connectivity index (χ4v) is 1.65. The Hall–Kier alpha value is -1.07. The summed E-state index contributed by atoms with van der Waals surface area (Å²) < 4.78 is 0.689. The molecule has 0 spiro atoms. The van der Waals surface area contributed by atoms with Gasteiger partial charge in [0, 0.05) is 26.6 Å². The number of phenolic OH excluding ortho intramolecular Hbond substituents is 1. The minimum absolute atomic E-state index is 0.0193. The van der Waals surface area contributed by atoms with E-state index in [0.29, 0.717) is 17.6 Å². The number of halogens is 1. The first kappa shape index (κ1) is 13.0. The fraction of sp³-hybridized carbons (Fsp3) is 0.364. The standard InChI is InChI=1S/C11H15BrN2O2/c1-8(15)14-5-4-13-7-9-2-3-11(16)10(12)6-9/h2-3,6,13,16H,4-5,7H2,1H3,(H,14,15). The summed E-state index contributed by atoms with van der Waals surface area (Å²) in [6.45, 7) is 3.54. The van der Waals surface area contributed by atoms with E-state index in [1.54, 1.807) is 6.07 Å². The normalized spacial score (nSPS) is 10.1. The monoisotopic (exact) mass is 286 g/mol. The highest BCUT2D eigenvalue weighted by Gasteiger charge is 1.99. The Balaban J connectivity index is 2.27. The van der Waals surface area contributed by atoms with Gasteiger partial charge >= 0.3 is 0 Å². The van der Waals surface area contributed by atoms with Crippen LogP contribution in [0.3, 0.4) is 0 Å². The zero-order chi connectivity index (χ0) is 12.0. The van der Waals surface area contributed by atoms with Gasteiger partial charge in [-0.05, 0) is 33.6 Å². The SMILES string of the molecule is CC(=O)NCCNCc1ccc(O)c(Br)c1. The van der Waals surface area contributed by atoms with Crippen LogP contribution in [0.25, 0.3) is 0 Å². The third kappa shape index (κ3) is 4.63. The number of carbonyl (C=O) groups is 1. The van der Waals surface area contributed by atoms with E-state index in [9.17, 15) is 9.90 Å². The van der Waals surface area contributed by atoms with E-state index in [1.165, 1.54) is 6.92 Å². The van der Waals surface area contributed by atoms with Crippen molar-refractivity contribution < 1.29 is 9.90 Å². The van der Waals surface area contributed by atoms with Gasteiger partial charge in [-0.1, -0.05) is 6.07 Å². The first-order chi connectivity index (χ1) is 7.59. The predicted octanol–water partition coefficient (Wildman–Crippen LogP) is 1.38. The number of hydrogen-bond acceptors (Lipinski definition) is 3. The van der Waals surface area contributed by atoms with Crippen LogP contribution in [0.2, 0.25) is 0 Å². The quantitative estimate of drug-likeness (QED) is 0.717. The Morgan fingerprint density at radius 3 is 2.81 bits per heavy atom. The molecule has 3 N–H and O–H groups in total. The van der Waals surface area contributed by atoms with Crippen LogP contribution in [0.1, 0.15) is 12.5 Å². The molecule has 0 bridgehead atoms. The van der Waals surface area contributed by atoms with Gasteiger partial charge in [0.2, 0.25) is 5.91 Å². The van der Waals surface area contributed by atoms with E-state index in [4.69, 9.17) is 0 Å². The number of amides is 1. The molecule has 0 aliphatic carbocycles. The van der Waals surface area contributed by atoms with E-state index in [0.717, 1.165) is 12.1 Å². The maximum atomic E-state index is 10.6. The van der Waals surface area contributed by atoms with Gasteiger partial charge in [0.05, 0.1) is 4.47 Å². The van der Waals surface area contributed by atoms with Crippen LogP contribution in [-0.4, -0.2) is 24.1 Å². The van der Waals surface area contributed by atoms with Gasteiger partial charge in [0.1, 0.15) is 5.75 Å². The summed E-state index contributed by atoms with van der Waals surface area (Å²) in [5.41, 5.74) is 1.08. The number of aromatic hydroxyl groups is 1. The molecule has 1 aromatic carbocycles. The minimum Gasteiger partial charge on any atom is -0.507 e. The van der Waals surface area contributed by atoms with Gasteiger partial charge in [-0.3, -0.25) is 4.79 Å². The molecular weight excluding hydrogens is 272 g/mol. The van der Waals surface area contributed by atoms with Crippen LogP contribution in [0, 0.1) is 0 Å². The summed E-state index contributed by atoms with van der Waals surface area (Å²) in [5.74, 6) is 0.219. The van der Waals surface area contributed by atoms with Crippen LogP contribution >= 0.6 is 15.9 Å². The maximum absolute atomic E-state index is 10.6. The average Bonchev–Trinajstić information content (AvgIpc) is 2.22. The largest absolute Gasteiger partial charge is 0.507 e. The molecule has 0 fully saturated rings. The lowest BCUT2D eigenvalue weighted by atomic mass is 10.2. The summed E-state index contributed by atoms with van der Waals surface area (Å²) >= 11 is 3.25. The number of carbonyl (C=O) groups excluding carboxylic acids is 1. The Labute approximate surface area is 103 Å². The smallest absolute Gasteiger partial charge is 0.216 e. The van der Waals surface area contributed by atoms with Gasteiger partial charge in [0.25, 0.3) is 0 Å². The van der Waals surface area contributed by atoms with E-state index >= 15 is 0 Å². The topological polar surface area (TPSA) is 61.4 Å². The average molecular weight is 287 g/mol. The highest BCUT2D eigenvalue weighted by molar-refractivity contribution is 9.10. The second-order valence-electron chi connectivity index (χ2n) is 3.45. The van der Waals surface area contributed by atoms with E-state index < -0.39 is 0 Å². The van der Waals surface area contributed by atoms with E-state index in [2.05, 4.69) is 26.6 Å². The summed E-state index contributed by atoms with van der Waals surface area (Å²) in [5, 5.41) is 15.2. The highest BCUT2D eigenvalue weighted by Crippen LogP contribution is 2.23. The van der Waals surface area contributed by atoms with Crippen molar-refractivity contribution in [3.8, 4) is 5.75 Å². The highest BCUT2D eigenvalue weighted by atomic mass is 79.9. The molecule has 16 heavy (non-hydrogen) atoms. The summed E-state index contributed by atoms with van der Waals surface area (Å²) in [6, 6.07) is 5.36. The van der Waals surface area contributed by atoms with E-state index in [1.807, 2.05) is 12.1 Å². The van der Waals surface area contributed by atoms with Gasteiger partial charge in [-0.25, -0.2) is 0 Å². The number of rotatable bonds is 5. The lowest BCUT2D eigenvalue weighted by molar-refractivity contribution is -0.118. The van der Waals surface area contributed by atoms with Crippen LogP contribution in [0.5, 0.6) is 5.75 Å². The van der Waals surface area contributed by atoms with Crippen molar-refractivity contribution in [3.63, 3.8) is 0 Å². The van der Waals surface area contributed by atoms with Crippen LogP contribution in [-0.2, 0) is 11.3 Å². The maximum Gasteiger partial charge on any atom is 0.216 e. The van der Waals surface area contributed by atoms with Crippen molar-refractivity contribution >= 4 is 21.8 Å². The lowest BCUT2D eigenvalue weighted by Gasteiger charge is -2.06. The van der Waals surface area contributed by atoms with Crippen molar-refractivity contribution in [2.24, 2.45) is 0 Å². The van der Waals surface area contributed by atoms with Crippen molar-refractivity contribution in [1.29, 1.82) is 0 Å². The molecule has 0 saturated heterocycles. The van der Waals surface area contributed by atoms with Gasteiger partial charge in [-0.2, -0.15) is 0 Å². The third-order valence-corrected chi connectivity index (χ3v) is 2.65. The van der Waals surface area contributed by atoms with Crippen LogP contribution in [0.4, 0.5) is 0 Å². The molecule has 1 amide bonds. The Morgan fingerprint density at radius 1 is 1.44 bits per heavy atom. The Morgan fingerprint density at radius 2 is 2.19 bits per heavy atom. The zero-order valence-corrected chi connectivity index (χ0v) is 10.7. The van der Waals surface area contributed by atoms with E-state index in [-0.39, 0.29) is 11.7 Å². The molecule has 1 aromatic rings. The molecular formula is C11H15BrN2O2. The molecule has 0 radical (unpaired) electrons. The Kier molecular flexibility index (Phi) is 5.28. The van der Waals surface area contributed by atoms with Gasteiger partial charge < -0.3 is 15.7 Å². The van der Waals surface area contributed by atoms with Crippen molar-refractivity contribution in [1.82, 2.24) is 10.6 Å². The second kappa shape index (κ2) is 6.50. The predicted molar refractivity (Wildman–Crippen MR) is 66.2 cm³/mol. The van der Waals surface area contributed by atoms with Crippen LogP contribution in [0.15, 0.2) is 22.7 Å². The molecule has 0 heterocycles. The minimum atomic E-state index is -0.0193. The van der Waals surface area contributed by atoms with Crippen molar-refractivity contribution in [2.75, 3.05) is 13.1 Å². The number of benzene rings is 1. The molecule has 0 atom stereocenters. The summed E-state index contributed by atoms with van der Waals surface area (Å²) in [4.78, 5) is 10.6. The molecule has 0 saturated carbocycles. The van der Waals surface area contributed by atoms with Gasteiger partial charge in [-0.15, -0.1) is 0 Å². The molecule has 0 aliphatic rings. The van der Waals surface area contributed by atoms with Crippen molar-refractivity contribution in [2.45, 2.75) is 13.5 Å². The molecule has 4 nitrogen and oxygen atoms in total. The Bertz CT molecular complexity index is 369. The lowest BCUT2D eigenvalue weighted by Crippen LogP contribution is -2.29. The van der Waals surface area contributed by atoms with Gasteiger partial charge in [0.15, 0.2) is 0 Å². The number of nitrogens with one attached hydrogen (secondary N) is 2. The molecule has 0 aliphatic heterocycles.